The zero-order valence-electron chi connectivity index (χ0n) is 14.3. The first-order valence-corrected chi connectivity index (χ1v) is 8.14. The molecule has 1 aliphatic rings. The molecule has 8 heteroatoms. The van der Waals surface area contributed by atoms with Crippen LogP contribution in [0.2, 0.25) is 0 Å². The summed E-state index contributed by atoms with van der Waals surface area (Å²) >= 11 is 0. The number of piperidine rings is 1. The molecule has 1 fully saturated rings. The fraction of sp³-hybridized carbons (Fsp3) is 0.529. The number of ether oxygens (including phenoxy) is 1. The van der Waals surface area contributed by atoms with Crippen LogP contribution >= 0.6 is 12.4 Å². The normalized spacial score (nSPS) is 14.7. The van der Waals surface area contributed by atoms with Crippen molar-refractivity contribution in [1.29, 1.82) is 0 Å². The van der Waals surface area contributed by atoms with E-state index in [0.717, 1.165) is 0 Å². The summed E-state index contributed by atoms with van der Waals surface area (Å²) in [5.41, 5.74) is 0.585. The van der Waals surface area contributed by atoms with Gasteiger partial charge in [-0.3, -0.25) is 9.59 Å². The van der Waals surface area contributed by atoms with Crippen LogP contribution in [0.25, 0.3) is 0 Å². The molecule has 0 atom stereocenters. The number of halogens is 2. The van der Waals surface area contributed by atoms with Crippen molar-refractivity contribution in [2.45, 2.75) is 12.8 Å². The summed E-state index contributed by atoms with van der Waals surface area (Å²) in [4.78, 5) is 26.1. The highest BCUT2D eigenvalue weighted by atomic mass is 35.5. The number of anilines is 1. The van der Waals surface area contributed by atoms with E-state index in [1.165, 1.54) is 24.3 Å². The molecule has 140 valence electrons. The summed E-state index contributed by atoms with van der Waals surface area (Å²) in [6.45, 7) is 2.64. The van der Waals surface area contributed by atoms with E-state index < -0.39 is 0 Å². The molecule has 6 nitrogen and oxygen atoms in total. The first-order valence-electron chi connectivity index (χ1n) is 8.14. The Kier molecular flexibility index (Phi) is 9.41. The van der Waals surface area contributed by atoms with Gasteiger partial charge >= 0.3 is 0 Å². The van der Waals surface area contributed by atoms with Crippen molar-refractivity contribution in [3.63, 3.8) is 0 Å². The summed E-state index contributed by atoms with van der Waals surface area (Å²) < 4.78 is 17.8. The summed E-state index contributed by atoms with van der Waals surface area (Å²) in [5.74, 6) is -0.491. The van der Waals surface area contributed by atoms with Crippen molar-refractivity contribution in [2.24, 2.45) is 5.92 Å². The van der Waals surface area contributed by atoms with Crippen LogP contribution in [0, 0.1) is 11.7 Å². The minimum Gasteiger partial charge on any atom is -0.383 e. The number of amides is 2. The minimum absolute atomic E-state index is 0. The van der Waals surface area contributed by atoms with Crippen molar-refractivity contribution in [3.8, 4) is 0 Å². The molecule has 1 saturated heterocycles. The van der Waals surface area contributed by atoms with Crippen molar-refractivity contribution in [1.82, 2.24) is 10.2 Å². The number of hydrogen-bond acceptors (Lipinski definition) is 4. The minimum atomic E-state index is -0.334. The van der Waals surface area contributed by atoms with Gasteiger partial charge in [0, 0.05) is 38.3 Å². The molecule has 2 rings (SSSR count). The molecule has 0 unspecified atom stereocenters. The second kappa shape index (κ2) is 11.0. The number of benzene rings is 1. The molecule has 1 aromatic rings. The Hall–Kier alpha value is -1.70. The molecule has 0 spiro atoms. The number of hydrogen-bond donors (Lipinski definition) is 2. The Labute approximate surface area is 153 Å². The first kappa shape index (κ1) is 21.3. The van der Waals surface area contributed by atoms with E-state index in [0.29, 0.717) is 44.8 Å². The Bertz CT molecular complexity index is 549. The largest absolute Gasteiger partial charge is 0.383 e. The summed E-state index contributed by atoms with van der Waals surface area (Å²) in [7, 11) is 1.62. The van der Waals surface area contributed by atoms with Crippen LogP contribution in [-0.4, -0.2) is 56.6 Å². The second-order valence-corrected chi connectivity index (χ2v) is 5.82. The molecule has 0 aromatic heterocycles. The Morgan fingerprint density at radius 1 is 1.24 bits per heavy atom. The molecule has 2 N–H and O–H groups in total. The number of carbonyl (C=O) groups excluding carboxylic acids is 2. The maximum atomic E-state index is 12.9. The van der Waals surface area contributed by atoms with Gasteiger partial charge in [-0.25, -0.2) is 4.39 Å². The number of likely N-dealkylation sites (tertiary alicyclic amines) is 1. The monoisotopic (exact) mass is 373 g/mol. The van der Waals surface area contributed by atoms with Crippen LogP contribution in [0.15, 0.2) is 24.3 Å². The standard InChI is InChI=1S/C17H24FN3O3.ClH/c1-24-11-8-19-12-16(22)21-9-6-13(7-10-21)17(23)20-15-4-2-14(18)3-5-15;/h2-5,13,19H,6-12H2,1H3,(H,20,23);1H. The number of methoxy groups -OCH3 is 1. The highest BCUT2D eigenvalue weighted by Gasteiger charge is 2.27. The zero-order valence-corrected chi connectivity index (χ0v) is 15.1. The maximum Gasteiger partial charge on any atom is 0.236 e. The Morgan fingerprint density at radius 2 is 1.88 bits per heavy atom. The highest BCUT2D eigenvalue weighted by molar-refractivity contribution is 5.92. The van der Waals surface area contributed by atoms with Gasteiger partial charge in [-0.15, -0.1) is 12.4 Å². The van der Waals surface area contributed by atoms with Gasteiger partial charge in [0.25, 0.3) is 0 Å². The molecule has 1 heterocycles. The van der Waals surface area contributed by atoms with Crippen LogP contribution in [0.1, 0.15) is 12.8 Å². The van der Waals surface area contributed by atoms with E-state index in [4.69, 9.17) is 4.74 Å². The average molecular weight is 374 g/mol. The third-order valence-electron chi connectivity index (χ3n) is 4.09. The lowest BCUT2D eigenvalue weighted by molar-refractivity contribution is -0.133. The van der Waals surface area contributed by atoms with Gasteiger partial charge < -0.3 is 20.3 Å². The van der Waals surface area contributed by atoms with Crippen molar-refractivity contribution >= 4 is 29.9 Å². The van der Waals surface area contributed by atoms with Crippen LogP contribution in [-0.2, 0) is 14.3 Å². The highest BCUT2D eigenvalue weighted by Crippen LogP contribution is 2.19. The maximum absolute atomic E-state index is 12.9. The molecular weight excluding hydrogens is 349 g/mol. The predicted molar refractivity (Wildman–Crippen MR) is 96.3 cm³/mol. The van der Waals surface area contributed by atoms with Gasteiger partial charge in [0.1, 0.15) is 5.82 Å². The topological polar surface area (TPSA) is 70.7 Å². The van der Waals surface area contributed by atoms with Gasteiger partial charge in [-0.2, -0.15) is 0 Å². The van der Waals surface area contributed by atoms with E-state index in [1.54, 1.807) is 12.0 Å². The quantitative estimate of drug-likeness (QED) is 0.713. The molecule has 0 aliphatic carbocycles. The Balaban J connectivity index is 0.00000312. The summed E-state index contributed by atoms with van der Waals surface area (Å²) in [5, 5.41) is 5.82. The number of nitrogens with one attached hydrogen (secondary N) is 2. The summed E-state index contributed by atoms with van der Waals surface area (Å²) in [6.07, 6.45) is 1.27. The third kappa shape index (κ3) is 6.97. The van der Waals surface area contributed by atoms with E-state index in [-0.39, 0.29) is 42.5 Å². The lowest BCUT2D eigenvalue weighted by Gasteiger charge is -2.31. The van der Waals surface area contributed by atoms with E-state index in [1.807, 2.05) is 0 Å². The van der Waals surface area contributed by atoms with Crippen LogP contribution < -0.4 is 10.6 Å². The molecule has 25 heavy (non-hydrogen) atoms. The van der Waals surface area contributed by atoms with E-state index in [2.05, 4.69) is 10.6 Å². The zero-order chi connectivity index (χ0) is 17.4. The molecule has 0 bridgehead atoms. The molecule has 0 saturated carbocycles. The lowest BCUT2D eigenvalue weighted by Crippen LogP contribution is -2.45. The average Bonchev–Trinajstić information content (AvgIpc) is 2.60. The predicted octanol–water partition coefficient (Wildman–Crippen LogP) is 1.66. The van der Waals surface area contributed by atoms with Gasteiger partial charge in [0.15, 0.2) is 0 Å². The lowest BCUT2D eigenvalue weighted by atomic mass is 9.95. The molecule has 1 aromatic carbocycles. The summed E-state index contributed by atoms with van der Waals surface area (Å²) in [6, 6.07) is 5.70. The molecule has 0 radical (unpaired) electrons. The fourth-order valence-corrected chi connectivity index (χ4v) is 2.65. The van der Waals surface area contributed by atoms with Gasteiger partial charge in [0.05, 0.1) is 13.2 Å². The molecule has 1 aliphatic heterocycles. The van der Waals surface area contributed by atoms with E-state index >= 15 is 0 Å². The smallest absolute Gasteiger partial charge is 0.236 e. The van der Waals surface area contributed by atoms with Crippen molar-refractivity contribution < 1.29 is 18.7 Å². The fourth-order valence-electron chi connectivity index (χ4n) is 2.65. The first-order chi connectivity index (χ1) is 11.6. The van der Waals surface area contributed by atoms with Crippen LogP contribution in [0.3, 0.4) is 0 Å². The van der Waals surface area contributed by atoms with Crippen LogP contribution in [0.4, 0.5) is 10.1 Å². The SMILES string of the molecule is COCCNCC(=O)N1CCC(C(=O)Nc2ccc(F)cc2)CC1.Cl. The van der Waals surface area contributed by atoms with Gasteiger partial charge in [-0.05, 0) is 37.1 Å². The van der Waals surface area contributed by atoms with Gasteiger partial charge in [-0.1, -0.05) is 0 Å². The third-order valence-corrected chi connectivity index (χ3v) is 4.09. The number of rotatable bonds is 7. The van der Waals surface area contributed by atoms with Gasteiger partial charge in [0.2, 0.25) is 11.8 Å². The number of nitrogens with zero attached hydrogens (tertiary/aromatic N) is 1. The molecule has 2 amide bonds. The van der Waals surface area contributed by atoms with E-state index in [9.17, 15) is 14.0 Å². The molecular formula is C17H25ClFN3O3. The Morgan fingerprint density at radius 3 is 2.48 bits per heavy atom. The van der Waals surface area contributed by atoms with Crippen molar-refractivity contribution in [3.05, 3.63) is 30.1 Å². The van der Waals surface area contributed by atoms with Crippen LogP contribution in [0.5, 0.6) is 0 Å². The second-order valence-electron chi connectivity index (χ2n) is 5.82. The van der Waals surface area contributed by atoms with Crippen molar-refractivity contribution in [2.75, 3.05) is 45.2 Å². The number of carbonyl (C=O) groups is 2.